The molecule has 1 aliphatic rings. The Morgan fingerprint density at radius 3 is 2.29 bits per heavy atom. The van der Waals surface area contributed by atoms with Gasteiger partial charge >= 0.3 is 6.16 Å². The molecule has 0 aliphatic heterocycles. The summed E-state index contributed by atoms with van der Waals surface area (Å²) in [7, 11) is 0. The van der Waals surface area contributed by atoms with Gasteiger partial charge in [0, 0.05) is 0 Å². The number of benzene rings is 2. The minimum atomic E-state index is -1.30. The topological polar surface area (TPSA) is 46.5 Å². The molecule has 3 rings (SSSR count). The Bertz CT molecular complexity index is 825. The fourth-order valence-electron chi connectivity index (χ4n) is 2.73. The smallest absolute Gasteiger partial charge is 0.449 e. The third kappa shape index (κ3) is 3.63. The zero-order valence-corrected chi connectivity index (χ0v) is 13.4. The van der Waals surface area contributed by atoms with Crippen molar-refractivity contribution in [3.05, 3.63) is 89.5 Å². The molecule has 24 heavy (non-hydrogen) atoms. The van der Waals surface area contributed by atoms with Gasteiger partial charge in [0.05, 0.1) is 0 Å². The molecule has 0 amide bonds. The lowest BCUT2D eigenvalue weighted by molar-refractivity contribution is 0.144. The van der Waals surface area contributed by atoms with Crippen LogP contribution in [0.25, 0.3) is 11.1 Å². The molecule has 2 aromatic rings. The number of carbonyl (C=O) groups is 1. The number of rotatable bonds is 3. The molecule has 0 unspecified atom stereocenters. The van der Waals surface area contributed by atoms with Crippen LogP contribution in [-0.4, -0.2) is 11.3 Å². The van der Waals surface area contributed by atoms with E-state index < -0.39 is 6.16 Å². The Morgan fingerprint density at radius 1 is 1.00 bits per heavy atom. The van der Waals surface area contributed by atoms with Crippen LogP contribution in [0.5, 0.6) is 5.75 Å². The van der Waals surface area contributed by atoms with Crippen LogP contribution in [0.4, 0.5) is 4.79 Å². The van der Waals surface area contributed by atoms with Gasteiger partial charge in [-0.05, 0) is 53.3 Å². The largest absolute Gasteiger partial charge is 0.511 e. The van der Waals surface area contributed by atoms with E-state index in [0.29, 0.717) is 5.75 Å². The molecule has 2 aromatic carbocycles. The molecule has 1 N–H and O–H groups in total. The molecule has 0 heterocycles. The Hall–Kier alpha value is -3.07. The quantitative estimate of drug-likeness (QED) is 0.595. The first kappa shape index (κ1) is 15.8. The van der Waals surface area contributed by atoms with E-state index >= 15 is 0 Å². The highest BCUT2D eigenvalue weighted by atomic mass is 16.7. The molecule has 0 radical (unpaired) electrons. The predicted octanol–water partition coefficient (Wildman–Crippen LogP) is 5.56. The van der Waals surface area contributed by atoms with Gasteiger partial charge in [0.1, 0.15) is 5.75 Å². The third-order valence-corrected chi connectivity index (χ3v) is 4.09. The summed E-state index contributed by atoms with van der Waals surface area (Å²) in [4.78, 5) is 10.5. The predicted molar refractivity (Wildman–Crippen MR) is 95.9 cm³/mol. The fraction of sp³-hybridized carbons (Fsp3) is 0.0952. The molecular formula is C21H18O3. The minimum absolute atomic E-state index is 0.326. The molecule has 0 saturated heterocycles. The molecule has 1 aliphatic carbocycles. The normalized spacial score (nSPS) is 15.6. The van der Waals surface area contributed by atoms with Crippen molar-refractivity contribution in [3.63, 3.8) is 0 Å². The van der Waals surface area contributed by atoms with Crippen molar-refractivity contribution in [2.45, 2.75) is 13.3 Å². The summed E-state index contributed by atoms with van der Waals surface area (Å²) in [6, 6.07) is 17.4. The van der Waals surface area contributed by atoms with Crippen molar-refractivity contribution in [1.82, 2.24) is 0 Å². The Labute approximate surface area is 141 Å². The highest BCUT2D eigenvalue weighted by molar-refractivity contribution is 5.80. The highest BCUT2D eigenvalue weighted by Crippen LogP contribution is 2.29. The lowest BCUT2D eigenvalue weighted by atomic mass is 9.92. The van der Waals surface area contributed by atoms with Crippen molar-refractivity contribution >= 4 is 17.3 Å². The minimum Gasteiger partial charge on any atom is -0.449 e. The first-order valence-electron chi connectivity index (χ1n) is 7.78. The maximum absolute atomic E-state index is 10.5. The van der Waals surface area contributed by atoms with Gasteiger partial charge in [0.15, 0.2) is 0 Å². The summed E-state index contributed by atoms with van der Waals surface area (Å²) in [5.74, 6) is 0.326. The maximum Gasteiger partial charge on any atom is 0.511 e. The van der Waals surface area contributed by atoms with Crippen molar-refractivity contribution in [1.29, 1.82) is 0 Å². The summed E-state index contributed by atoms with van der Waals surface area (Å²) < 4.78 is 4.63. The first-order valence-corrected chi connectivity index (χ1v) is 7.78. The van der Waals surface area contributed by atoms with Crippen molar-refractivity contribution in [2.75, 3.05) is 0 Å². The average molecular weight is 318 g/mol. The van der Waals surface area contributed by atoms with E-state index in [1.54, 1.807) is 12.1 Å². The molecule has 120 valence electrons. The second-order valence-electron chi connectivity index (χ2n) is 5.61. The molecule has 3 nitrogen and oxygen atoms in total. The molecular weight excluding hydrogens is 300 g/mol. The van der Waals surface area contributed by atoms with Gasteiger partial charge in [-0.15, -0.1) is 0 Å². The number of carboxylic acid groups (broad SMARTS) is 1. The molecule has 3 heteroatoms. The van der Waals surface area contributed by atoms with E-state index in [4.69, 9.17) is 5.11 Å². The molecule has 0 atom stereocenters. The second kappa shape index (κ2) is 7.01. The average Bonchev–Trinajstić information content (AvgIpc) is 2.62. The van der Waals surface area contributed by atoms with E-state index in [1.165, 1.54) is 16.7 Å². The van der Waals surface area contributed by atoms with Crippen LogP contribution >= 0.6 is 0 Å². The van der Waals surface area contributed by atoms with Gasteiger partial charge in [-0.1, -0.05) is 60.7 Å². The van der Waals surface area contributed by atoms with Crippen molar-refractivity contribution in [2.24, 2.45) is 0 Å². The lowest BCUT2D eigenvalue weighted by Crippen LogP contribution is -2.02. The summed E-state index contributed by atoms with van der Waals surface area (Å²) in [6.45, 7) is 2.14. The molecule has 0 aromatic heterocycles. The van der Waals surface area contributed by atoms with Gasteiger partial charge in [0.2, 0.25) is 0 Å². The molecule has 0 spiro atoms. The second-order valence-corrected chi connectivity index (χ2v) is 5.61. The maximum atomic E-state index is 10.5. The Kier molecular flexibility index (Phi) is 4.62. The van der Waals surface area contributed by atoms with Crippen LogP contribution in [0.1, 0.15) is 24.5 Å². The van der Waals surface area contributed by atoms with Crippen LogP contribution in [0.2, 0.25) is 0 Å². The summed E-state index contributed by atoms with van der Waals surface area (Å²) in [5, 5.41) is 8.61. The number of allylic oxidation sites excluding steroid dienone is 6. The van der Waals surface area contributed by atoms with E-state index in [9.17, 15) is 4.79 Å². The zero-order valence-electron chi connectivity index (χ0n) is 13.4. The van der Waals surface area contributed by atoms with Gasteiger partial charge in [0.25, 0.3) is 0 Å². The van der Waals surface area contributed by atoms with E-state index in [0.717, 1.165) is 17.6 Å². The van der Waals surface area contributed by atoms with Gasteiger partial charge in [-0.25, -0.2) is 4.79 Å². The zero-order chi connectivity index (χ0) is 16.9. The van der Waals surface area contributed by atoms with Crippen molar-refractivity contribution < 1.29 is 14.6 Å². The monoisotopic (exact) mass is 318 g/mol. The summed E-state index contributed by atoms with van der Waals surface area (Å²) in [6.07, 6.45) is 6.01. The van der Waals surface area contributed by atoms with Gasteiger partial charge in [-0.2, -0.15) is 0 Å². The Morgan fingerprint density at radius 2 is 1.71 bits per heavy atom. The molecule has 0 bridgehead atoms. The number of ether oxygens (including phenoxy) is 1. The third-order valence-electron chi connectivity index (χ3n) is 4.09. The van der Waals surface area contributed by atoms with E-state index in [1.807, 2.05) is 30.3 Å². The fourth-order valence-corrected chi connectivity index (χ4v) is 2.73. The van der Waals surface area contributed by atoms with Crippen molar-refractivity contribution in [3.8, 4) is 5.75 Å². The first-order chi connectivity index (χ1) is 11.6. The van der Waals surface area contributed by atoms with Crippen LogP contribution in [0.3, 0.4) is 0 Å². The highest BCUT2D eigenvalue weighted by Gasteiger charge is 2.08. The van der Waals surface area contributed by atoms with Crippen LogP contribution in [0.15, 0.2) is 78.4 Å². The molecule has 0 fully saturated rings. The standard InChI is InChI=1S/C21H18O3/c1-15(16-5-3-2-4-6-16)17-7-9-18(10-8-17)19-11-13-20(14-12-19)24-21(22)23/h2-7,9-14H,8H2,1H3,(H,22,23). The summed E-state index contributed by atoms with van der Waals surface area (Å²) in [5.41, 5.74) is 5.99. The summed E-state index contributed by atoms with van der Waals surface area (Å²) >= 11 is 0. The van der Waals surface area contributed by atoms with Gasteiger partial charge in [-0.3, -0.25) is 0 Å². The SMILES string of the molecule is CC(=C1C=CC(c2ccc(OC(=O)O)cc2)=CC1)c1ccccc1. The number of hydrogen-bond donors (Lipinski definition) is 1. The van der Waals surface area contributed by atoms with Crippen LogP contribution in [-0.2, 0) is 0 Å². The Balaban J connectivity index is 1.76. The lowest BCUT2D eigenvalue weighted by Gasteiger charge is -2.13. The van der Waals surface area contributed by atoms with Gasteiger partial charge < -0.3 is 9.84 Å². The van der Waals surface area contributed by atoms with E-state index in [2.05, 4.69) is 42.0 Å². The molecule has 0 saturated carbocycles. The number of hydrogen-bond acceptors (Lipinski definition) is 2. The van der Waals surface area contributed by atoms with Crippen LogP contribution in [0, 0.1) is 0 Å². The van der Waals surface area contributed by atoms with E-state index in [-0.39, 0.29) is 0 Å². The van der Waals surface area contributed by atoms with Crippen LogP contribution < -0.4 is 4.74 Å².